The van der Waals surface area contributed by atoms with Crippen molar-refractivity contribution in [3.05, 3.63) is 30.4 Å². The summed E-state index contributed by atoms with van der Waals surface area (Å²) in [6.45, 7) is 1.15. The van der Waals surface area contributed by atoms with Crippen molar-refractivity contribution in [2.75, 3.05) is 25.5 Å². The van der Waals surface area contributed by atoms with Gasteiger partial charge in [0.25, 0.3) is 0 Å². The van der Waals surface area contributed by atoms with Crippen molar-refractivity contribution >= 4 is 11.5 Å². The molecule has 5 rings (SSSR count). The molecule has 0 aromatic carbocycles. The molecule has 31 heavy (non-hydrogen) atoms. The Hall–Kier alpha value is -2.95. The zero-order valence-electron chi connectivity index (χ0n) is 16.9. The number of aromatic nitrogens is 5. The number of methoxy groups -OCH3 is 1. The molecule has 1 saturated carbocycles. The van der Waals surface area contributed by atoms with Gasteiger partial charge in [-0.2, -0.15) is 5.10 Å². The van der Waals surface area contributed by atoms with E-state index in [1.807, 2.05) is 0 Å². The number of imidazole rings is 1. The Balaban J connectivity index is 1.47. The molecule has 0 radical (unpaired) electrons. The predicted octanol–water partition coefficient (Wildman–Crippen LogP) is 2.82. The van der Waals surface area contributed by atoms with Gasteiger partial charge in [-0.05, 0) is 13.0 Å². The number of anilines is 1. The average Bonchev–Trinajstić information content (AvgIpc) is 3.16. The molecular formula is C20H22F3N7O. The molecule has 1 saturated heterocycles. The van der Waals surface area contributed by atoms with Gasteiger partial charge in [0.05, 0.1) is 31.7 Å². The maximum absolute atomic E-state index is 14.2. The van der Waals surface area contributed by atoms with Crippen LogP contribution in [0.3, 0.4) is 0 Å². The number of halogens is 3. The minimum Gasteiger partial charge on any atom is -0.495 e. The molecule has 0 bridgehead atoms. The van der Waals surface area contributed by atoms with Crippen molar-refractivity contribution in [1.29, 1.82) is 0 Å². The molecule has 11 heteroatoms. The van der Waals surface area contributed by atoms with Crippen molar-refractivity contribution in [1.82, 2.24) is 29.9 Å². The SMILES string of the molecule is COc1cc2ncc(-c3cncc(NC4CNCCC4F)n3)n2nc1C1CC(F)(F)C1. The highest BCUT2D eigenvalue weighted by Gasteiger charge is 2.47. The van der Waals surface area contributed by atoms with Gasteiger partial charge in [-0.3, -0.25) is 4.98 Å². The van der Waals surface area contributed by atoms with E-state index in [4.69, 9.17) is 4.74 Å². The van der Waals surface area contributed by atoms with Crippen LogP contribution < -0.4 is 15.4 Å². The molecule has 0 amide bonds. The predicted molar refractivity (Wildman–Crippen MR) is 107 cm³/mol. The van der Waals surface area contributed by atoms with E-state index in [0.29, 0.717) is 53.8 Å². The largest absolute Gasteiger partial charge is 0.495 e. The Morgan fingerprint density at radius 3 is 2.84 bits per heavy atom. The molecule has 1 aliphatic carbocycles. The molecule has 2 N–H and O–H groups in total. The fraction of sp³-hybridized carbons (Fsp3) is 0.500. The molecule has 2 fully saturated rings. The number of rotatable bonds is 5. The van der Waals surface area contributed by atoms with Crippen LogP contribution in [-0.2, 0) is 0 Å². The Kier molecular flexibility index (Phi) is 4.92. The molecule has 3 aromatic rings. The van der Waals surface area contributed by atoms with E-state index in [1.54, 1.807) is 23.0 Å². The van der Waals surface area contributed by atoms with Gasteiger partial charge < -0.3 is 15.4 Å². The van der Waals surface area contributed by atoms with E-state index >= 15 is 0 Å². The highest BCUT2D eigenvalue weighted by atomic mass is 19.3. The quantitative estimate of drug-likeness (QED) is 0.640. The lowest BCUT2D eigenvalue weighted by Crippen LogP contribution is -2.46. The molecule has 2 atom stereocenters. The third-order valence-electron chi connectivity index (χ3n) is 5.81. The number of nitrogens with zero attached hydrogens (tertiary/aromatic N) is 5. The van der Waals surface area contributed by atoms with Crippen molar-refractivity contribution < 1.29 is 17.9 Å². The first kappa shape index (κ1) is 20.0. The maximum Gasteiger partial charge on any atom is 0.249 e. The van der Waals surface area contributed by atoms with Crippen LogP contribution in [0, 0.1) is 0 Å². The third kappa shape index (κ3) is 3.78. The normalized spacial score (nSPS) is 23.5. The number of fused-ring (bicyclic) bond motifs is 1. The molecule has 1 aliphatic heterocycles. The van der Waals surface area contributed by atoms with Crippen LogP contribution in [0.5, 0.6) is 5.75 Å². The summed E-state index contributed by atoms with van der Waals surface area (Å²) < 4.78 is 47.9. The fourth-order valence-electron chi connectivity index (χ4n) is 4.10. The monoisotopic (exact) mass is 433 g/mol. The van der Waals surface area contributed by atoms with Gasteiger partial charge in [-0.1, -0.05) is 0 Å². The molecular weight excluding hydrogens is 411 g/mol. The van der Waals surface area contributed by atoms with E-state index in [-0.39, 0.29) is 18.8 Å². The Bertz CT molecular complexity index is 1100. The average molecular weight is 433 g/mol. The van der Waals surface area contributed by atoms with E-state index in [1.165, 1.54) is 13.3 Å². The molecule has 3 aromatic heterocycles. The first-order valence-electron chi connectivity index (χ1n) is 10.2. The van der Waals surface area contributed by atoms with Crippen LogP contribution in [0.2, 0.25) is 0 Å². The number of hydrogen-bond donors (Lipinski definition) is 2. The van der Waals surface area contributed by atoms with E-state index in [2.05, 4.69) is 30.7 Å². The topological polar surface area (TPSA) is 89.3 Å². The molecule has 8 nitrogen and oxygen atoms in total. The number of piperidine rings is 1. The lowest BCUT2D eigenvalue weighted by molar-refractivity contribution is -0.0881. The summed E-state index contributed by atoms with van der Waals surface area (Å²) in [5, 5.41) is 10.8. The van der Waals surface area contributed by atoms with E-state index in [9.17, 15) is 13.2 Å². The van der Waals surface area contributed by atoms with Gasteiger partial charge >= 0.3 is 0 Å². The zero-order chi connectivity index (χ0) is 21.6. The maximum atomic E-state index is 14.2. The van der Waals surface area contributed by atoms with Crippen molar-refractivity contribution in [2.24, 2.45) is 0 Å². The molecule has 2 aliphatic rings. The van der Waals surface area contributed by atoms with Gasteiger partial charge in [0.2, 0.25) is 5.92 Å². The summed E-state index contributed by atoms with van der Waals surface area (Å²) in [7, 11) is 1.48. The standard InChI is InChI=1S/C20H22F3N7O/c1-31-16-4-18-26-9-15(30(18)29-19(16)11-5-20(22,23)6-11)14-8-25-10-17(28-14)27-13-7-24-3-2-12(13)21/h4,8-13,24H,2-3,5-7H2,1H3,(H,27,28). The molecule has 4 heterocycles. The number of hydrogen-bond acceptors (Lipinski definition) is 7. The minimum atomic E-state index is -2.67. The zero-order valence-corrected chi connectivity index (χ0v) is 16.9. The number of alkyl halides is 3. The summed E-state index contributed by atoms with van der Waals surface area (Å²) in [6, 6.07) is 1.29. The Labute approximate surface area is 176 Å². The van der Waals surface area contributed by atoms with Gasteiger partial charge in [0.1, 0.15) is 34.8 Å². The fourth-order valence-corrected chi connectivity index (χ4v) is 4.10. The first-order chi connectivity index (χ1) is 14.9. The van der Waals surface area contributed by atoms with Crippen molar-refractivity contribution in [2.45, 2.75) is 43.3 Å². The summed E-state index contributed by atoms with van der Waals surface area (Å²) >= 11 is 0. The highest BCUT2D eigenvalue weighted by molar-refractivity contribution is 5.61. The second-order valence-electron chi connectivity index (χ2n) is 8.02. The first-order valence-corrected chi connectivity index (χ1v) is 10.2. The Morgan fingerprint density at radius 1 is 1.26 bits per heavy atom. The lowest BCUT2D eigenvalue weighted by atomic mass is 9.79. The van der Waals surface area contributed by atoms with Gasteiger partial charge in [-0.25, -0.2) is 27.7 Å². The van der Waals surface area contributed by atoms with E-state index < -0.39 is 18.1 Å². The van der Waals surface area contributed by atoms with E-state index in [0.717, 1.165) is 0 Å². The van der Waals surface area contributed by atoms with Crippen LogP contribution in [0.1, 0.15) is 30.9 Å². The van der Waals surface area contributed by atoms with Gasteiger partial charge in [0.15, 0.2) is 5.65 Å². The Morgan fingerprint density at radius 2 is 2.10 bits per heavy atom. The van der Waals surface area contributed by atoms with Crippen LogP contribution in [0.25, 0.3) is 17.0 Å². The lowest BCUT2D eigenvalue weighted by Gasteiger charge is -2.34. The molecule has 2 unspecified atom stereocenters. The summed E-state index contributed by atoms with van der Waals surface area (Å²) in [5.41, 5.74) is 2.01. The van der Waals surface area contributed by atoms with Crippen LogP contribution in [0.4, 0.5) is 19.0 Å². The molecule has 0 spiro atoms. The number of nitrogens with one attached hydrogen (secondary N) is 2. The second-order valence-corrected chi connectivity index (χ2v) is 8.02. The highest BCUT2D eigenvalue weighted by Crippen LogP contribution is 2.49. The van der Waals surface area contributed by atoms with Gasteiger partial charge in [0, 0.05) is 31.4 Å². The molecule has 164 valence electrons. The van der Waals surface area contributed by atoms with Crippen molar-refractivity contribution in [3.8, 4) is 17.1 Å². The minimum absolute atomic E-state index is 0.259. The van der Waals surface area contributed by atoms with Crippen LogP contribution in [-0.4, -0.2) is 62.9 Å². The van der Waals surface area contributed by atoms with Crippen molar-refractivity contribution in [3.63, 3.8) is 0 Å². The van der Waals surface area contributed by atoms with Gasteiger partial charge in [-0.15, -0.1) is 0 Å². The number of ether oxygens (including phenoxy) is 1. The van der Waals surface area contributed by atoms with Crippen LogP contribution >= 0.6 is 0 Å². The second kappa shape index (κ2) is 7.63. The summed E-state index contributed by atoms with van der Waals surface area (Å²) in [4.78, 5) is 13.1. The van der Waals surface area contributed by atoms with Crippen LogP contribution in [0.15, 0.2) is 24.7 Å². The summed E-state index contributed by atoms with van der Waals surface area (Å²) in [5.74, 6) is -2.18. The smallest absolute Gasteiger partial charge is 0.249 e. The third-order valence-corrected chi connectivity index (χ3v) is 5.81. The summed E-state index contributed by atoms with van der Waals surface area (Å²) in [6.07, 6.45) is 3.63.